The lowest BCUT2D eigenvalue weighted by Crippen LogP contribution is -2.08. The minimum atomic E-state index is 0.649. The van der Waals surface area contributed by atoms with Gasteiger partial charge in [-0.3, -0.25) is 0 Å². The lowest BCUT2D eigenvalue weighted by molar-refractivity contribution is 0.0705. The van der Waals surface area contributed by atoms with E-state index < -0.39 is 0 Å². The Bertz CT molecular complexity index is 336. The van der Waals surface area contributed by atoms with E-state index in [1.807, 2.05) is 18.2 Å². The zero-order valence-electron chi connectivity index (χ0n) is 9.84. The molecule has 0 bridgehead atoms. The van der Waals surface area contributed by atoms with E-state index in [1.54, 1.807) is 7.11 Å². The highest BCUT2D eigenvalue weighted by molar-refractivity contribution is 14.1. The highest BCUT2D eigenvalue weighted by atomic mass is 127. The van der Waals surface area contributed by atoms with Crippen molar-refractivity contribution in [3.05, 3.63) is 26.8 Å². The SMILES string of the molecule is COCCOCCCNc1cc(I)ccc1Cl. The molecule has 0 aliphatic heterocycles. The fourth-order valence-corrected chi connectivity index (χ4v) is 1.95. The van der Waals surface area contributed by atoms with Crippen molar-refractivity contribution in [2.45, 2.75) is 6.42 Å². The summed E-state index contributed by atoms with van der Waals surface area (Å²) in [7, 11) is 1.67. The fraction of sp³-hybridized carbons (Fsp3) is 0.500. The van der Waals surface area contributed by atoms with Crippen molar-refractivity contribution < 1.29 is 9.47 Å². The third-order valence-electron chi connectivity index (χ3n) is 2.14. The smallest absolute Gasteiger partial charge is 0.0700 e. The lowest BCUT2D eigenvalue weighted by atomic mass is 10.3. The highest BCUT2D eigenvalue weighted by Crippen LogP contribution is 2.23. The van der Waals surface area contributed by atoms with Crippen molar-refractivity contribution in [2.75, 3.05) is 38.8 Å². The van der Waals surface area contributed by atoms with E-state index in [4.69, 9.17) is 21.1 Å². The minimum absolute atomic E-state index is 0.649. The number of methoxy groups -OCH3 is 1. The van der Waals surface area contributed by atoms with Gasteiger partial charge in [-0.25, -0.2) is 0 Å². The maximum absolute atomic E-state index is 6.06. The van der Waals surface area contributed by atoms with Crippen molar-refractivity contribution in [1.29, 1.82) is 0 Å². The third-order valence-corrected chi connectivity index (χ3v) is 3.14. The van der Waals surface area contributed by atoms with Crippen LogP contribution in [0.15, 0.2) is 18.2 Å². The van der Waals surface area contributed by atoms with Gasteiger partial charge in [-0.1, -0.05) is 11.6 Å². The number of ether oxygens (including phenoxy) is 2. The number of hydrogen-bond donors (Lipinski definition) is 1. The van der Waals surface area contributed by atoms with Gasteiger partial charge in [-0.15, -0.1) is 0 Å². The average molecular weight is 370 g/mol. The van der Waals surface area contributed by atoms with E-state index in [-0.39, 0.29) is 0 Å². The second-order valence-electron chi connectivity index (χ2n) is 3.51. The molecule has 0 heterocycles. The Morgan fingerprint density at radius 3 is 2.88 bits per heavy atom. The van der Waals surface area contributed by atoms with Gasteiger partial charge in [0.25, 0.3) is 0 Å². The van der Waals surface area contributed by atoms with Gasteiger partial charge in [0.15, 0.2) is 0 Å². The van der Waals surface area contributed by atoms with Crippen molar-refractivity contribution in [3.8, 4) is 0 Å². The van der Waals surface area contributed by atoms with Crippen LogP contribution >= 0.6 is 34.2 Å². The first kappa shape index (κ1) is 15.0. The van der Waals surface area contributed by atoms with E-state index >= 15 is 0 Å². The van der Waals surface area contributed by atoms with Gasteiger partial charge in [-0.2, -0.15) is 0 Å². The molecule has 1 aromatic carbocycles. The van der Waals surface area contributed by atoms with E-state index in [9.17, 15) is 0 Å². The second-order valence-corrected chi connectivity index (χ2v) is 5.16. The first-order valence-corrected chi connectivity index (χ1v) is 6.95. The van der Waals surface area contributed by atoms with Gasteiger partial charge < -0.3 is 14.8 Å². The summed E-state index contributed by atoms with van der Waals surface area (Å²) >= 11 is 8.33. The summed E-state index contributed by atoms with van der Waals surface area (Å²) in [5.74, 6) is 0. The molecular formula is C12H17ClINO2. The second kappa shape index (κ2) is 8.97. The molecule has 96 valence electrons. The zero-order chi connectivity index (χ0) is 12.5. The predicted molar refractivity (Wildman–Crippen MR) is 80.0 cm³/mol. The summed E-state index contributed by atoms with van der Waals surface area (Å²) in [6.07, 6.45) is 0.950. The number of hydrogen-bond acceptors (Lipinski definition) is 3. The largest absolute Gasteiger partial charge is 0.384 e. The molecule has 0 aromatic heterocycles. The maximum Gasteiger partial charge on any atom is 0.0700 e. The number of rotatable bonds is 8. The molecule has 0 fully saturated rings. The summed E-state index contributed by atoms with van der Waals surface area (Å²) < 4.78 is 11.4. The number of benzene rings is 1. The first-order chi connectivity index (χ1) is 8.24. The summed E-state index contributed by atoms with van der Waals surface area (Å²) in [4.78, 5) is 0. The predicted octanol–water partition coefficient (Wildman–Crippen LogP) is 3.41. The van der Waals surface area contributed by atoms with Crippen LogP contribution in [0.5, 0.6) is 0 Å². The molecule has 0 aliphatic carbocycles. The van der Waals surface area contributed by atoms with E-state index in [2.05, 4.69) is 27.9 Å². The molecule has 0 aliphatic rings. The van der Waals surface area contributed by atoms with Crippen LogP contribution in [0.2, 0.25) is 5.02 Å². The number of anilines is 1. The van der Waals surface area contributed by atoms with Gasteiger partial charge in [-0.05, 0) is 47.2 Å². The van der Waals surface area contributed by atoms with Gasteiger partial charge in [0, 0.05) is 23.8 Å². The number of nitrogens with one attached hydrogen (secondary N) is 1. The van der Waals surface area contributed by atoms with E-state index in [0.717, 1.165) is 30.3 Å². The molecule has 1 aromatic rings. The van der Waals surface area contributed by atoms with Crippen LogP contribution in [-0.4, -0.2) is 33.5 Å². The summed E-state index contributed by atoms with van der Waals surface area (Å²) in [6, 6.07) is 5.93. The molecule has 3 nitrogen and oxygen atoms in total. The average Bonchev–Trinajstić information content (AvgIpc) is 2.32. The van der Waals surface area contributed by atoms with Crippen LogP contribution in [-0.2, 0) is 9.47 Å². The summed E-state index contributed by atoms with van der Waals surface area (Å²) in [6.45, 7) is 2.89. The summed E-state index contributed by atoms with van der Waals surface area (Å²) in [5.41, 5.74) is 0.982. The first-order valence-electron chi connectivity index (χ1n) is 5.49. The van der Waals surface area contributed by atoms with Crippen LogP contribution in [0, 0.1) is 3.57 Å². The van der Waals surface area contributed by atoms with E-state index in [0.29, 0.717) is 13.2 Å². The molecule has 0 saturated heterocycles. The molecule has 0 saturated carbocycles. The van der Waals surface area contributed by atoms with Crippen molar-refractivity contribution in [2.24, 2.45) is 0 Å². The molecule has 17 heavy (non-hydrogen) atoms. The Hall–Kier alpha value is -0.0400. The molecule has 0 radical (unpaired) electrons. The molecule has 0 amide bonds. The van der Waals surface area contributed by atoms with Gasteiger partial charge in [0.1, 0.15) is 0 Å². The minimum Gasteiger partial charge on any atom is -0.384 e. The highest BCUT2D eigenvalue weighted by Gasteiger charge is 1.99. The number of halogens is 2. The Morgan fingerprint density at radius 2 is 2.12 bits per heavy atom. The van der Waals surface area contributed by atoms with Gasteiger partial charge in [0.2, 0.25) is 0 Å². The molecule has 0 unspecified atom stereocenters. The van der Waals surface area contributed by atoms with E-state index in [1.165, 1.54) is 3.57 Å². The molecule has 1 N–H and O–H groups in total. The normalized spacial score (nSPS) is 10.5. The van der Waals surface area contributed by atoms with Crippen molar-refractivity contribution >= 4 is 39.9 Å². The van der Waals surface area contributed by atoms with Crippen LogP contribution in [0.25, 0.3) is 0 Å². The van der Waals surface area contributed by atoms with Crippen LogP contribution < -0.4 is 5.32 Å². The molecule has 5 heteroatoms. The Labute approximate surface area is 121 Å². The standard InChI is InChI=1S/C12H17ClINO2/c1-16-7-8-17-6-2-5-15-12-9-10(14)3-4-11(12)13/h3-4,9,15H,2,5-8H2,1H3. The van der Waals surface area contributed by atoms with Crippen LogP contribution in [0.3, 0.4) is 0 Å². The van der Waals surface area contributed by atoms with Gasteiger partial charge >= 0.3 is 0 Å². The van der Waals surface area contributed by atoms with Crippen molar-refractivity contribution in [1.82, 2.24) is 0 Å². The lowest BCUT2D eigenvalue weighted by Gasteiger charge is -2.09. The Kier molecular flexibility index (Phi) is 7.92. The quantitative estimate of drug-likeness (QED) is 0.563. The topological polar surface area (TPSA) is 30.5 Å². The van der Waals surface area contributed by atoms with Gasteiger partial charge in [0.05, 0.1) is 23.9 Å². The monoisotopic (exact) mass is 369 g/mol. The molecule has 1 rings (SSSR count). The summed E-state index contributed by atoms with van der Waals surface area (Å²) in [5, 5.41) is 4.05. The fourth-order valence-electron chi connectivity index (χ4n) is 1.27. The maximum atomic E-state index is 6.06. The molecule has 0 spiro atoms. The Balaban J connectivity index is 2.15. The Morgan fingerprint density at radius 1 is 1.29 bits per heavy atom. The van der Waals surface area contributed by atoms with Crippen LogP contribution in [0.4, 0.5) is 5.69 Å². The molecular weight excluding hydrogens is 352 g/mol. The third kappa shape index (κ3) is 6.45. The van der Waals surface area contributed by atoms with Crippen molar-refractivity contribution in [3.63, 3.8) is 0 Å². The zero-order valence-corrected chi connectivity index (χ0v) is 12.8. The molecule has 0 atom stereocenters. The van der Waals surface area contributed by atoms with Crippen LogP contribution in [0.1, 0.15) is 6.42 Å².